The average Bonchev–Trinajstić information content (AvgIpc) is 3.05. The van der Waals surface area contributed by atoms with E-state index in [9.17, 15) is 14.4 Å². The van der Waals surface area contributed by atoms with Crippen LogP contribution in [-0.4, -0.2) is 48.6 Å². The number of nitrogens with zero attached hydrogens (tertiary/aromatic N) is 2. The number of anilines is 1. The number of likely N-dealkylation sites (tertiary alicyclic amines) is 1. The van der Waals surface area contributed by atoms with Crippen LogP contribution in [0.4, 0.5) is 5.69 Å². The molecule has 0 spiro atoms. The van der Waals surface area contributed by atoms with E-state index < -0.39 is 11.5 Å². The molecule has 8 nitrogen and oxygen atoms in total. The Morgan fingerprint density at radius 1 is 1.03 bits per heavy atom. The van der Waals surface area contributed by atoms with Gasteiger partial charge in [0.05, 0.1) is 25.3 Å². The van der Waals surface area contributed by atoms with Crippen LogP contribution in [0.25, 0.3) is 0 Å². The van der Waals surface area contributed by atoms with E-state index in [1.165, 1.54) is 31.0 Å². The van der Waals surface area contributed by atoms with Crippen molar-refractivity contribution in [2.45, 2.75) is 25.7 Å². The van der Waals surface area contributed by atoms with Crippen LogP contribution < -0.4 is 20.3 Å². The van der Waals surface area contributed by atoms with Gasteiger partial charge in [-0.3, -0.25) is 14.4 Å². The number of para-hydroxylation sites is 1. The fraction of sp³-hybridized carbons (Fsp3) is 0.409. The molecule has 0 bridgehead atoms. The highest BCUT2D eigenvalue weighted by Gasteiger charge is 2.21. The van der Waals surface area contributed by atoms with Gasteiger partial charge in [-0.25, -0.2) is 0 Å². The molecule has 0 aliphatic carbocycles. The number of amides is 2. The number of methoxy groups -OCH3 is 2. The van der Waals surface area contributed by atoms with Crippen LogP contribution in [0.15, 0.2) is 35.3 Å². The SMILES string of the molecule is COc1cccc(C(=O)Nc2cc(C(=O)N3CCCCCC3)cn(C)c2=O)c1OC. The van der Waals surface area contributed by atoms with Gasteiger partial charge < -0.3 is 24.3 Å². The van der Waals surface area contributed by atoms with Crippen molar-refractivity contribution in [1.29, 1.82) is 0 Å². The zero-order chi connectivity index (χ0) is 21.7. The van der Waals surface area contributed by atoms with E-state index in [2.05, 4.69) is 5.32 Å². The van der Waals surface area contributed by atoms with Crippen LogP contribution >= 0.6 is 0 Å². The summed E-state index contributed by atoms with van der Waals surface area (Å²) in [5.41, 5.74) is 0.223. The Hall–Kier alpha value is -3.29. The molecule has 1 aliphatic rings. The van der Waals surface area contributed by atoms with Gasteiger partial charge in [0.15, 0.2) is 11.5 Å². The van der Waals surface area contributed by atoms with Crippen molar-refractivity contribution >= 4 is 17.5 Å². The molecule has 2 aromatic rings. The summed E-state index contributed by atoms with van der Waals surface area (Å²) in [5.74, 6) is 0.0125. The van der Waals surface area contributed by atoms with E-state index in [0.717, 1.165) is 25.7 Å². The first-order chi connectivity index (χ1) is 14.5. The van der Waals surface area contributed by atoms with Gasteiger partial charge >= 0.3 is 0 Å². The van der Waals surface area contributed by atoms with Gasteiger partial charge in [-0.2, -0.15) is 0 Å². The fourth-order valence-corrected chi connectivity index (χ4v) is 3.63. The van der Waals surface area contributed by atoms with Crippen LogP contribution in [0, 0.1) is 0 Å². The van der Waals surface area contributed by atoms with E-state index in [1.807, 2.05) is 4.90 Å². The van der Waals surface area contributed by atoms with Crippen molar-refractivity contribution in [3.05, 3.63) is 51.9 Å². The molecule has 1 N–H and O–H groups in total. The molecule has 1 aliphatic heterocycles. The third-order valence-corrected chi connectivity index (χ3v) is 5.22. The van der Waals surface area contributed by atoms with Crippen molar-refractivity contribution in [3.63, 3.8) is 0 Å². The van der Waals surface area contributed by atoms with Gasteiger partial charge in [0.25, 0.3) is 17.4 Å². The number of hydrogen-bond acceptors (Lipinski definition) is 5. The monoisotopic (exact) mass is 413 g/mol. The second-order valence-electron chi connectivity index (χ2n) is 7.26. The molecule has 3 rings (SSSR count). The number of aryl methyl sites for hydroxylation is 1. The molecule has 1 fully saturated rings. The summed E-state index contributed by atoms with van der Waals surface area (Å²) in [7, 11) is 4.48. The molecular formula is C22H27N3O5. The van der Waals surface area contributed by atoms with Gasteiger partial charge in [0.1, 0.15) is 5.69 Å². The Morgan fingerprint density at radius 3 is 2.37 bits per heavy atom. The maximum Gasteiger partial charge on any atom is 0.274 e. The van der Waals surface area contributed by atoms with E-state index in [4.69, 9.17) is 9.47 Å². The van der Waals surface area contributed by atoms with Crippen LogP contribution in [0.5, 0.6) is 11.5 Å². The smallest absolute Gasteiger partial charge is 0.274 e. The summed E-state index contributed by atoms with van der Waals surface area (Å²) < 4.78 is 11.8. The van der Waals surface area contributed by atoms with Gasteiger partial charge in [-0.05, 0) is 31.0 Å². The maximum absolute atomic E-state index is 13.0. The minimum Gasteiger partial charge on any atom is -0.493 e. The summed E-state index contributed by atoms with van der Waals surface area (Å²) in [5, 5.41) is 2.63. The first-order valence-corrected chi connectivity index (χ1v) is 9.98. The Bertz CT molecular complexity index is 991. The highest BCUT2D eigenvalue weighted by molar-refractivity contribution is 6.07. The predicted octanol–water partition coefficient (Wildman–Crippen LogP) is 2.67. The van der Waals surface area contributed by atoms with Crippen LogP contribution in [-0.2, 0) is 7.05 Å². The van der Waals surface area contributed by atoms with Crippen molar-refractivity contribution < 1.29 is 19.1 Å². The largest absolute Gasteiger partial charge is 0.493 e. The summed E-state index contributed by atoms with van der Waals surface area (Å²) in [4.78, 5) is 40.2. The van der Waals surface area contributed by atoms with Crippen LogP contribution in [0.1, 0.15) is 46.4 Å². The number of benzene rings is 1. The van der Waals surface area contributed by atoms with Crippen molar-refractivity contribution in [3.8, 4) is 11.5 Å². The van der Waals surface area contributed by atoms with Crippen molar-refractivity contribution in [2.75, 3.05) is 32.6 Å². The number of nitrogens with one attached hydrogen (secondary N) is 1. The summed E-state index contributed by atoms with van der Waals surface area (Å²) in [6.07, 6.45) is 5.67. The predicted molar refractivity (Wildman–Crippen MR) is 114 cm³/mol. The van der Waals surface area contributed by atoms with Crippen molar-refractivity contribution in [1.82, 2.24) is 9.47 Å². The minimum absolute atomic E-state index is 0.0352. The first-order valence-electron chi connectivity index (χ1n) is 9.98. The lowest BCUT2D eigenvalue weighted by molar-refractivity contribution is 0.0760. The lowest BCUT2D eigenvalue weighted by Crippen LogP contribution is -2.33. The number of aromatic nitrogens is 1. The number of carbonyl (C=O) groups excluding carboxylic acids is 2. The van der Waals surface area contributed by atoms with E-state index in [-0.39, 0.29) is 22.9 Å². The summed E-state index contributed by atoms with van der Waals surface area (Å²) in [6, 6.07) is 6.36. The lowest BCUT2D eigenvalue weighted by atomic mass is 10.1. The van der Waals surface area contributed by atoms with Gasteiger partial charge in [0, 0.05) is 26.3 Å². The number of rotatable bonds is 5. The second-order valence-corrected chi connectivity index (χ2v) is 7.26. The first kappa shape index (κ1) is 21.4. The van der Waals surface area contributed by atoms with E-state index in [0.29, 0.717) is 24.4 Å². The zero-order valence-corrected chi connectivity index (χ0v) is 17.6. The third-order valence-electron chi connectivity index (χ3n) is 5.22. The van der Waals surface area contributed by atoms with Gasteiger partial charge in [-0.15, -0.1) is 0 Å². The lowest BCUT2D eigenvalue weighted by Gasteiger charge is -2.21. The Labute approximate surface area is 175 Å². The molecule has 0 atom stereocenters. The van der Waals surface area contributed by atoms with Crippen LogP contribution in [0.2, 0.25) is 0 Å². The summed E-state index contributed by atoms with van der Waals surface area (Å²) in [6.45, 7) is 1.40. The molecule has 8 heteroatoms. The molecule has 2 heterocycles. The van der Waals surface area contributed by atoms with Gasteiger partial charge in [0.2, 0.25) is 0 Å². The molecule has 0 unspecified atom stereocenters. The number of pyridine rings is 1. The van der Waals surface area contributed by atoms with Crippen molar-refractivity contribution in [2.24, 2.45) is 7.05 Å². The highest BCUT2D eigenvalue weighted by Crippen LogP contribution is 2.31. The number of carbonyl (C=O) groups is 2. The number of hydrogen-bond donors (Lipinski definition) is 1. The van der Waals surface area contributed by atoms with E-state index >= 15 is 0 Å². The molecule has 0 saturated carbocycles. The summed E-state index contributed by atoms with van der Waals surface area (Å²) >= 11 is 0. The standard InChI is InChI=1S/C22H27N3O5/c1-24-14-15(21(27)25-11-6-4-5-7-12-25)13-17(22(24)28)23-20(26)16-9-8-10-18(29-2)19(16)30-3/h8-10,13-14H,4-7,11-12H2,1-3H3,(H,23,26). The average molecular weight is 413 g/mol. The third kappa shape index (κ3) is 4.48. The van der Waals surface area contributed by atoms with Crippen LogP contribution in [0.3, 0.4) is 0 Å². The normalized spacial score (nSPS) is 14.0. The maximum atomic E-state index is 13.0. The topological polar surface area (TPSA) is 89.9 Å². The Kier molecular flexibility index (Phi) is 6.76. The van der Waals surface area contributed by atoms with E-state index in [1.54, 1.807) is 25.2 Å². The molecule has 160 valence electrons. The molecule has 1 aromatic carbocycles. The molecule has 30 heavy (non-hydrogen) atoms. The molecule has 0 radical (unpaired) electrons. The molecule has 2 amide bonds. The zero-order valence-electron chi connectivity index (χ0n) is 17.6. The van der Waals surface area contributed by atoms with Gasteiger partial charge in [-0.1, -0.05) is 18.9 Å². The fourth-order valence-electron chi connectivity index (χ4n) is 3.63. The Balaban J connectivity index is 1.90. The number of ether oxygens (including phenoxy) is 2. The molecular weight excluding hydrogens is 386 g/mol. The molecule has 1 saturated heterocycles. The highest BCUT2D eigenvalue weighted by atomic mass is 16.5. The Morgan fingerprint density at radius 2 is 1.73 bits per heavy atom. The minimum atomic E-state index is -0.526. The second kappa shape index (κ2) is 9.47. The quantitative estimate of drug-likeness (QED) is 0.814. The molecule has 1 aromatic heterocycles.